The van der Waals surface area contributed by atoms with Crippen molar-refractivity contribution in [3.63, 3.8) is 0 Å². The molecular weight excluding hydrogens is 471 g/mol. The van der Waals surface area contributed by atoms with Gasteiger partial charge in [0.1, 0.15) is 5.44 Å². The van der Waals surface area contributed by atoms with E-state index < -0.39 is 31.7 Å². The average molecular weight is 523 g/mol. The van der Waals surface area contributed by atoms with Crippen LogP contribution in [0, 0.1) is 5.92 Å². The maximum absolute atomic E-state index is 11.2. The lowest BCUT2D eigenvalue weighted by Crippen LogP contribution is -2.40. The molecule has 4 unspecified atom stereocenters. The number of aliphatic carboxylic acids is 1. The number of hydrogen-bond acceptors (Lipinski definition) is 6. The molecule has 0 spiro atoms. The van der Waals surface area contributed by atoms with Crippen molar-refractivity contribution in [1.82, 2.24) is 0 Å². The van der Waals surface area contributed by atoms with Gasteiger partial charge in [-0.3, -0.25) is 4.57 Å². The summed E-state index contributed by atoms with van der Waals surface area (Å²) < 4.78 is 22.0. The number of rotatable bonds is 25. The molecule has 0 aromatic carbocycles. The van der Waals surface area contributed by atoms with Crippen LogP contribution in [0.1, 0.15) is 136 Å². The minimum Gasteiger partial charge on any atom is -0.477 e. The van der Waals surface area contributed by atoms with E-state index in [-0.39, 0.29) is 0 Å². The van der Waals surface area contributed by atoms with Crippen LogP contribution >= 0.6 is 21.1 Å². The van der Waals surface area contributed by atoms with Crippen molar-refractivity contribution in [2.75, 3.05) is 0 Å². The van der Waals surface area contributed by atoms with Crippen LogP contribution in [0.3, 0.4) is 0 Å². The highest BCUT2D eigenvalue weighted by atomic mass is 32.1. The van der Waals surface area contributed by atoms with Gasteiger partial charge in [0.25, 0.3) is 0 Å². The second-order valence-electron chi connectivity index (χ2n) is 9.47. The fourth-order valence-electron chi connectivity index (χ4n) is 4.18. The zero-order valence-electron chi connectivity index (χ0n) is 21.9. The second kappa shape index (κ2) is 22.0. The predicted octanol–water partition coefficient (Wildman–Crippen LogP) is 8.32. The molecule has 202 valence electrons. The van der Waals surface area contributed by atoms with Gasteiger partial charge in [-0.2, -0.15) is 0 Å². The summed E-state index contributed by atoms with van der Waals surface area (Å²) >= 11 is 4.57. The molecule has 0 saturated heterocycles. The van der Waals surface area contributed by atoms with Gasteiger partial charge in [-0.25, -0.2) is 4.79 Å². The molecule has 0 aliphatic heterocycles. The van der Waals surface area contributed by atoms with E-state index >= 15 is 0 Å². The van der Waals surface area contributed by atoms with Crippen LogP contribution in [0.25, 0.3) is 0 Å². The van der Waals surface area contributed by atoms with Crippen molar-refractivity contribution in [1.29, 1.82) is 0 Å². The van der Waals surface area contributed by atoms with E-state index in [2.05, 4.69) is 26.5 Å². The molecule has 6 nitrogen and oxygen atoms in total. The Labute approximate surface area is 215 Å². The van der Waals surface area contributed by atoms with E-state index in [1.54, 1.807) is 6.92 Å². The van der Waals surface area contributed by atoms with E-state index in [1.165, 1.54) is 89.9 Å². The van der Waals surface area contributed by atoms with Crippen molar-refractivity contribution in [3.8, 4) is 0 Å². The molecule has 34 heavy (non-hydrogen) atoms. The summed E-state index contributed by atoms with van der Waals surface area (Å²) in [6.07, 6.45) is 20.4. The summed E-state index contributed by atoms with van der Waals surface area (Å²) in [7, 11) is -1.03. The molecule has 8 heteroatoms. The Balaban J connectivity index is 4.47. The van der Waals surface area contributed by atoms with Crippen LogP contribution in [-0.2, 0) is 18.8 Å². The van der Waals surface area contributed by atoms with Crippen molar-refractivity contribution in [2.45, 2.75) is 154 Å². The van der Waals surface area contributed by atoms with Gasteiger partial charge in [0.15, 0.2) is 6.29 Å². The number of hydrogen-bond donors (Lipinski definition) is 3. The Morgan fingerprint density at radius 2 is 1.29 bits per heavy atom. The van der Waals surface area contributed by atoms with Crippen LogP contribution in [0.2, 0.25) is 0 Å². The summed E-state index contributed by atoms with van der Waals surface area (Å²) in [4.78, 5) is 11.2. The zero-order valence-corrected chi connectivity index (χ0v) is 23.7. The summed E-state index contributed by atoms with van der Waals surface area (Å²) in [5, 5.41) is 18.9. The molecule has 0 aromatic rings. The molecule has 0 saturated carbocycles. The smallest absolute Gasteiger partial charge is 0.377 e. The Hall–Kier alpha value is -0.200. The third-order valence-corrected chi connectivity index (χ3v) is 7.18. The van der Waals surface area contributed by atoms with Crippen LogP contribution in [-0.4, -0.2) is 33.4 Å². The first-order valence-electron chi connectivity index (χ1n) is 13.6. The average Bonchev–Trinajstić information content (AvgIpc) is 2.81. The third-order valence-electron chi connectivity index (χ3n) is 6.31. The number of carboxylic acid groups (broad SMARTS) is 1. The van der Waals surface area contributed by atoms with Gasteiger partial charge in [-0.05, 0) is 18.8 Å². The first kappa shape index (κ1) is 33.8. The summed E-state index contributed by atoms with van der Waals surface area (Å²) in [5.41, 5.74) is -3.24. The maximum atomic E-state index is 11.2. The Morgan fingerprint density at radius 1 is 0.853 bits per heavy atom. The van der Waals surface area contributed by atoms with Crippen LogP contribution in [0.5, 0.6) is 0 Å². The quantitative estimate of drug-likeness (QED) is 0.0483. The third kappa shape index (κ3) is 17.3. The Kier molecular flexibility index (Phi) is 21.9. The largest absolute Gasteiger partial charge is 0.477 e. The molecule has 0 aromatic heterocycles. The summed E-state index contributed by atoms with van der Waals surface area (Å²) in [6, 6.07) is 0. The van der Waals surface area contributed by atoms with E-state index in [0.29, 0.717) is 12.3 Å². The molecule has 0 aliphatic rings. The lowest BCUT2D eigenvalue weighted by atomic mass is 9.91. The standard InChI is InChI=1S/C26H51O6PS/c1-4-7-9-11-12-13-14-15-16-18-20-22(19-17-10-8-5-2)21-24(34)31-23(6-3)32-26(29,33-30)25(27)28/h22-24,29,34H,4-21H2,1-3H3,(H,27,28). The number of ether oxygens (including phenoxy) is 2. The lowest BCUT2D eigenvalue weighted by Gasteiger charge is -2.27. The highest BCUT2D eigenvalue weighted by molar-refractivity contribution is 7.80. The lowest BCUT2D eigenvalue weighted by molar-refractivity contribution is -0.256. The fourth-order valence-corrected chi connectivity index (χ4v) is 4.85. The molecule has 0 bridgehead atoms. The maximum Gasteiger partial charge on any atom is 0.377 e. The van der Waals surface area contributed by atoms with Crippen molar-refractivity contribution >= 4 is 27.1 Å². The molecule has 0 fully saturated rings. The van der Waals surface area contributed by atoms with E-state index in [4.69, 9.17) is 14.6 Å². The van der Waals surface area contributed by atoms with Gasteiger partial charge in [0.2, 0.25) is 8.46 Å². The molecule has 0 heterocycles. The van der Waals surface area contributed by atoms with Crippen molar-refractivity contribution in [3.05, 3.63) is 0 Å². The molecule has 2 N–H and O–H groups in total. The van der Waals surface area contributed by atoms with Crippen LogP contribution in [0.15, 0.2) is 0 Å². The minimum absolute atomic E-state index is 0.307. The van der Waals surface area contributed by atoms with Gasteiger partial charge >= 0.3 is 11.5 Å². The summed E-state index contributed by atoms with van der Waals surface area (Å²) in [6.45, 7) is 6.22. The zero-order chi connectivity index (χ0) is 25.7. The summed E-state index contributed by atoms with van der Waals surface area (Å²) in [5.74, 6) is -1.22. The number of carboxylic acids is 1. The second-order valence-corrected chi connectivity index (χ2v) is 10.8. The molecule has 4 atom stereocenters. The van der Waals surface area contributed by atoms with Crippen LogP contribution < -0.4 is 0 Å². The Bertz CT molecular complexity index is 510. The molecule has 0 rings (SSSR count). The van der Waals surface area contributed by atoms with E-state index in [0.717, 1.165) is 19.3 Å². The SMILES string of the molecule is CCCCCCCCCCCCC(CCCCCC)CC(S)OC(CC)OC(O)(P=O)C(=O)O. The number of aliphatic hydroxyl groups is 1. The fraction of sp³-hybridized carbons (Fsp3) is 0.962. The van der Waals surface area contributed by atoms with Gasteiger partial charge in [0.05, 0.1) is 0 Å². The van der Waals surface area contributed by atoms with Gasteiger partial charge in [-0.15, -0.1) is 12.6 Å². The van der Waals surface area contributed by atoms with Gasteiger partial charge in [0, 0.05) is 0 Å². The molecule has 0 amide bonds. The topological polar surface area (TPSA) is 93.1 Å². The van der Waals surface area contributed by atoms with E-state index in [1.807, 2.05) is 0 Å². The monoisotopic (exact) mass is 522 g/mol. The number of unbranched alkanes of at least 4 members (excludes halogenated alkanes) is 12. The minimum atomic E-state index is -2.80. The van der Waals surface area contributed by atoms with E-state index in [9.17, 15) is 14.5 Å². The first-order valence-corrected chi connectivity index (χ1v) is 15.0. The normalized spacial score (nSPS) is 16.3. The van der Waals surface area contributed by atoms with Gasteiger partial charge in [-0.1, -0.05) is 124 Å². The number of carbonyl (C=O) groups is 1. The Morgan fingerprint density at radius 3 is 1.71 bits per heavy atom. The number of thiol groups is 1. The molecule has 0 aliphatic carbocycles. The predicted molar refractivity (Wildman–Crippen MR) is 143 cm³/mol. The van der Waals surface area contributed by atoms with Gasteiger partial charge < -0.3 is 19.7 Å². The highest BCUT2D eigenvalue weighted by Gasteiger charge is 2.42. The molecule has 0 radical (unpaired) electrons. The molecular formula is C26H51O6PS. The first-order chi connectivity index (χ1) is 16.3. The van der Waals surface area contributed by atoms with Crippen molar-refractivity contribution < 1.29 is 29.0 Å². The van der Waals surface area contributed by atoms with Crippen LogP contribution in [0.4, 0.5) is 0 Å². The van der Waals surface area contributed by atoms with Crippen molar-refractivity contribution in [2.24, 2.45) is 5.92 Å². The highest BCUT2D eigenvalue weighted by Crippen LogP contribution is 2.29.